The second-order valence-electron chi connectivity index (χ2n) is 4.58. The van der Waals surface area contributed by atoms with Gasteiger partial charge in [-0.25, -0.2) is 4.68 Å². The molecule has 1 N–H and O–H groups in total. The zero-order chi connectivity index (χ0) is 14.5. The van der Waals surface area contributed by atoms with Crippen molar-refractivity contribution in [2.75, 3.05) is 5.32 Å². The Balaban J connectivity index is 1.64. The second kappa shape index (κ2) is 6.00. The van der Waals surface area contributed by atoms with Gasteiger partial charge < -0.3 is 5.32 Å². The Morgan fingerprint density at radius 3 is 2.48 bits per heavy atom. The Morgan fingerprint density at radius 1 is 1.05 bits per heavy atom. The van der Waals surface area contributed by atoms with Crippen LogP contribution in [0.3, 0.4) is 0 Å². The first-order valence-corrected chi connectivity index (χ1v) is 6.60. The largest absolute Gasteiger partial charge is 0.326 e. The number of aromatic nitrogens is 3. The molecule has 0 aliphatic carbocycles. The summed E-state index contributed by atoms with van der Waals surface area (Å²) in [6.45, 7) is 0. The molecule has 1 amide bonds. The number of amides is 1. The summed E-state index contributed by atoms with van der Waals surface area (Å²) in [6.07, 6.45) is 7.24. The van der Waals surface area contributed by atoms with E-state index in [1.54, 1.807) is 35.4 Å². The molecular formula is C16H14N4O. The lowest BCUT2D eigenvalue weighted by molar-refractivity contribution is -0.115. The zero-order valence-electron chi connectivity index (χ0n) is 11.3. The van der Waals surface area contributed by atoms with Gasteiger partial charge in [0.25, 0.3) is 0 Å². The van der Waals surface area contributed by atoms with E-state index in [1.165, 1.54) is 0 Å². The van der Waals surface area contributed by atoms with Crippen molar-refractivity contribution >= 4 is 11.6 Å². The fourth-order valence-electron chi connectivity index (χ4n) is 2.01. The quantitative estimate of drug-likeness (QED) is 0.797. The standard InChI is InChI=1S/C16H14N4O/c21-16(19-14-6-9-17-10-7-14)12-13-2-4-15(5-3-13)20-11-1-8-18-20/h1-11H,12H2,(H,17,19,21). The number of hydrogen-bond donors (Lipinski definition) is 1. The summed E-state index contributed by atoms with van der Waals surface area (Å²) in [5.74, 6) is -0.0481. The molecule has 3 rings (SSSR count). The molecule has 21 heavy (non-hydrogen) atoms. The molecule has 0 unspecified atom stereocenters. The van der Waals surface area contributed by atoms with Crippen LogP contribution in [0.25, 0.3) is 5.69 Å². The highest BCUT2D eigenvalue weighted by molar-refractivity contribution is 5.92. The molecule has 5 nitrogen and oxygen atoms in total. The Kier molecular flexibility index (Phi) is 3.73. The maximum Gasteiger partial charge on any atom is 0.228 e. The van der Waals surface area contributed by atoms with E-state index >= 15 is 0 Å². The van der Waals surface area contributed by atoms with Gasteiger partial charge in [0.15, 0.2) is 0 Å². The van der Waals surface area contributed by atoms with Gasteiger partial charge in [0, 0.05) is 30.5 Å². The van der Waals surface area contributed by atoms with Crippen molar-refractivity contribution < 1.29 is 4.79 Å². The van der Waals surface area contributed by atoms with E-state index in [2.05, 4.69) is 15.4 Å². The van der Waals surface area contributed by atoms with Crippen molar-refractivity contribution in [2.24, 2.45) is 0 Å². The van der Waals surface area contributed by atoms with Crippen LogP contribution in [0, 0.1) is 0 Å². The highest BCUT2D eigenvalue weighted by atomic mass is 16.1. The zero-order valence-corrected chi connectivity index (χ0v) is 11.3. The average Bonchev–Trinajstić information content (AvgIpc) is 3.03. The minimum absolute atomic E-state index is 0.0481. The van der Waals surface area contributed by atoms with E-state index in [1.807, 2.05) is 36.5 Å². The predicted octanol–water partition coefficient (Wildman–Crippen LogP) is 2.45. The Labute approximate surface area is 122 Å². The van der Waals surface area contributed by atoms with Crippen molar-refractivity contribution in [2.45, 2.75) is 6.42 Å². The molecule has 0 bridgehead atoms. The Morgan fingerprint density at radius 2 is 1.81 bits per heavy atom. The molecule has 0 spiro atoms. The van der Waals surface area contributed by atoms with Gasteiger partial charge >= 0.3 is 0 Å². The van der Waals surface area contributed by atoms with E-state index < -0.39 is 0 Å². The second-order valence-corrected chi connectivity index (χ2v) is 4.58. The molecule has 5 heteroatoms. The molecule has 0 fully saturated rings. The summed E-state index contributed by atoms with van der Waals surface area (Å²) in [7, 11) is 0. The van der Waals surface area contributed by atoms with Gasteiger partial charge in [-0.2, -0.15) is 5.10 Å². The van der Waals surface area contributed by atoms with Gasteiger partial charge in [-0.15, -0.1) is 0 Å². The van der Waals surface area contributed by atoms with Crippen LogP contribution in [0.15, 0.2) is 67.3 Å². The number of anilines is 1. The van der Waals surface area contributed by atoms with E-state index in [0.717, 1.165) is 16.9 Å². The molecule has 2 heterocycles. The Hall–Kier alpha value is -2.95. The number of hydrogen-bond acceptors (Lipinski definition) is 3. The highest BCUT2D eigenvalue weighted by Gasteiger charge is 2.04. The number of carbonyl (C=O) groups excluding carboxylic acids is 1. The van der Waals surface area contributed by atoms with Gasteiger partial charge in [-0.05, 0) is 35.9 Å². The van der Waals surface area contributed by atoms with Crippen molar-refractivity contribution in [3.63, 3.8) is 0 Å². The molecule has 0 aliphatic heterocycles. The molecule has 0 saturated carbocycles. The number of pyridine rings is 1. The molecular weight excluding hydrogens is 264 g/mol. The van der Waals surface area contributed by atoms with Gasteiger partial charge in [0.05, 0.1) is 12.1 Å². The van der Waals surface area contributed by atoms with Gasteiger partial charge in [-0.3, -0.25) is 9.78 Å². The molecule has 1 aromatic carbocycles. The van der Waals surface area contributed by atoms with E-state index in [-0.39, 0.29) is 5.91 Å². The van der Waals surface area contributed by atoms with Crippen LogP contribution in [0.4, 0.5) is 5.69 Å². The third-order valence-corrected chi connectivity index (χ3v) is 3.03. The van der Waals surface area contributed by atoms with Gasteiger partial charge in [0.2, 0.25) is 5.91 Å². The number of nitrogens with zero attached hydrogens (tertiary/aromatic N) is 3. The van der Waals surface area contributed by atoms with Crippen molar-refractivity contribution in [3.05, 3.63) is 72.8 Å². The molecule has 0 aliphatic rings. The summed E-state index contributed by atoms with van der Waals surface area (Å²) in [6, 6.07) is 13.2. The lowest BCUT2D eigenvalue weighted by Gasteiger charge is -2.06. The van der Waals surface area contributed by atoms with Crippen LogP contribution in [0.1, 0.15) is 5.56 Å². The van der Waals surface area contributed by atoms with Crippen molar-refractivity contribution in [1.82, 2.24) is 14.8 Å². The third-order valence-electron chi connectivity index (χ3n) is 3.03. The number of rotatable bonds is 4. The molecule has 0 atom stereocenters. The fraction of sp³-hybridized carbons (Fsp3) is 0.0625. The van der Waals surface area contributed by atoms with Crippen LogP contribution < -0.4 is 5.32 Å². The molecule has 0 saturated heterocycles. The van der Waals surface area contributed by atoms with Gasteiger partial charge in [0.1, 0.15) is 0 Å². The van der Waals surface area contributed by atoms with E-state index in [4.69, 9.17) is 0 Å². The van der Waals surface area contributed by atoms with Gasteiger partial charge in [-0.1, -0.05) is 12.1 Å². The average molecular weight is 278 g/mol. The van der Waals surface area contributed by atoms with Crippen LogP contribution in [0.2, 0.25) is 0 Å². The molecule has 0 radical (unpaired) electrons. The lowest BCUT2D eigenvalue weighted by atomic mass is 10.1. The van der Waals surface area contributed by atoms with Crippen LogP contribution in [-0.4, -0.2) is 20.7 Å². The maximum absolute atomic E-state index is 11.9. The van der Waals surface area contributed by atoms with Crippen molar-refractivity contribution in [3.8, 4) is 5.69 Å². The monoisotopic (exact) mass is 278 g/mol. The maximum atomic E-state index is 11.9. The number of nitrogens with one attached hydrogen (secondary N) is 1. The predicted molar refractivity (Wildman–Crippen MR) is 80.1 cm³/mol. The number of benzene rings is 1. The lowest BCUT2D eigenvalue weighted by Crippen LogP contribution is -2.14. The minimum Gasteiger partial charge on any atom is -0.326 e. The van der Waals surface area contributed by atoms with Crippen LogP contribution in [-0.2, 0) is 11.2 Å². The highest BCUT2D eigenvalue weighted by Crippen LogP contribution is 2.10. The first kappa shape index (κ1) is 13.1. The summed E-state index contributed by atoms with van der Waals surface area (Å²) < 4.78 is 1.78. The van der Waals surface area contributed by atoms with Crippen molar-refractivity contribution in [1.29, 1.82) is 0 Å². The first-order chi connectivity index (χ1) is 10.3. The summed E-state index contributed by atoms with van der Waals surface area (Å²) in [5, 5.41) is 7.00. The first-order valence-electron chi connectivity index (χ1n) is 6.60. The van der Waals surface area contributed by atoms with E-state index in [0.29, 0.717) is 6.42 Å². The smallest absolute Gasteiger partial charge is 0.228 e. The topological polar surface area (TPSA) is 59.8 Å². The summed E-state index contributed by atoms with van der Waals surface area (Å²) in [4.78, 5) is 15.9. The van der Waals surface area contributed by atoms with Crippen LogP contribution >= 0.6 is 0 Å². The fourth-order valence-corrected chi connectivity index (χ4v) is 2.01. The Bertz CT molecular complexity index is 706. The third kappa shape index (κ3) is 3.33. The van der Waals surface area contributed by atoms with E-state index in [9.17, 15) is 4.79 Å². The molecule has 104 valence electrons. The number of carbonyl (C=O) groups is 1. The minimum atomic E-state index is -0.0481. The van der Waals surface area contributed by atoms with Crippen LogP contribution in [0.5, 0.6) is 0 Å². The molecule has 3 aromatic rings. The molecule has 2 aromatic heterocycles. The SMILES string of the molecule is O=C(Cc1ccc(-n2cccn2)cc1)Nc1ccncc1. The summed E-state index contributed by atoms with van der Waals surface area (Å²) >= 11 is 0. The summed E-state index contributed by atoms with van der Waals surface area (Å²) in [5.41, 5.74) is 2.68. The normalized spacial score (nSPS) is 10.3.